The Bertz CT molecular complexity index is 947. The monoisotopic (exact) mass is 381 g/mol. The molecule has 0 aliphatic carbocycles. The van der Waals surface area contributed by atoms with E-state index in [2.05, 4.69) is 12.2 Å². The summed E-state index contributed by atoms with van der Waals surface area (Å²) >= 11 is 1.63. The lowest BCUT2D eigenvalue weighted by Crippen LogP contribution is -2.22. The molecule has 3 nitrogen and oxygen atoms in total. The molecule has 4 rings (SSSR count). The number of nitrogens with one attached hydrogen (secondary N) is 1. The third-order valence-electron chi connectivity index (χ3n) is 4.70. The highest BCUT2D eigenvalue weighted by molar-refractivity contribution is 7.11. The summed E-state index contributed by atoms with van der Waals surface area (Å²) in [6.45, 7) is 2.77. The molecule has 1 aliphatic rings. The average Bonchev–Trinajstić information content (AvgIpc) is 3.10. The normalized spacial score (nSPS) is 15.9. The van der Waals surface area contributed by atoms with Gasteiger partial charge in [-0.3, -0.25) is 4.79 Å². The summed E-state index contributed by atoms with van der Waals surface area (Å²) < 4.78 is 18.9. The van der Waals surface area contributed by atoms with Gasteiger partial charge in [0.1, 0.15) is 11.6 Å². The molecule has 0 fully saturated rings. The second-order valence-electron chi connectivity index (χ2n) is 6.62. The van der Waals surface area contributed by atoms with Crippen LogP contribution in [0.5, 0.6) is 5.75 Å². The quantitative estimate of drug-likeness (QED) is 0.605. The van der Waals surface area contributed by atoms with E-state index in [-0.39, 0.29) is 17.6 Å². The van der Waals surface area contributed by atoms with E-state index in [1.54, 1.807) is 23.5 Å². The van der Waals surface area contributed by atoms with E-state index in [4.69, 9.17) is 4.74 Å². The van der Waals surface area contributed by atoms with E-state index in [0.717, 1.165) is 39.4 Å². The van der Waals surface area contributed by atoms with Crippen LogP contribution in [0.2, 0.25) is 0 Å². The molecule has 1 aliphatic heterocycles. The van der Waals surface area contributed by atoms with E-state index < -0.39 is 0 Å². The molecule has 0 radical (unpaired) electrons. The Labute approximate surface area is 161 Å². The standard InChI is InChI=1S/C22H20FNO2S/c1-2-11-26-17-9-5-14(6-10-17)18-12-20(25)24-21-19(13-27-22(18)21)15-3-7-16(23)8-4-15/h3-10,13,18H,2,11-12H2,1H3,(H,24,25)/t18-/m0/s1. The van der Waals surface area contributed by atoms with E-state index >= 15 is 0 Å². The van der Waals surface area contributed by atoms with Crippen LogP contribution in [0.25, 0.3) is 11.1 Å². The number of thiophene rings is 1. The van der Waals surface area contributed by atoms with Crippen molar-refractivity contribution in [2.45, 2.75) is 25.7 Å². The molecule has 1 aromatic heterocycles. The van der Waals surface area contributed by atoms with Gasteiger partial charge in [-0.25, -0.2) is 4.39 Å². The van der Waals surface area contributed by atoms with E-state index in [0.29, 0.717) is 13.0 Å². The first-order valence-corrected chi connectivity index (χ1v) is 9.93. The number of rotatable bonds is 5. The first-order chi connectivity index (χ1) is 13.2. The van der Waals surface area contributed by atoms with Gasteiger partial charge in [-0.05, 0) is 41.8 Å². The van der Waals surface area contributed by atoms with E-state index in [9.17, 15) is 9.18 Å². The number of halogens is 1. The first kappa shape index (κ1) is 17.7. The Morgan fingerprint density at radius 2 is 1.89 bits per heavy atom. The van der Waals surface area contributed by atoms with Crippen molar-refractivity contribution in [3.05, 3.63) is 70.2 Å². The zero-order valence-corrected chi connectivity index (χ0v) is 15.8. The molecule has 1 N–H and O–H groups in total. The number of hydrogen-bond acceptors (Lipinski definition) is 3. The highest BCUT2D eigenvalue weighted by Gasteiger charge is 2.30. The van der Waals surface area contributed by atoms with Gasteiger partial charge in [0.15, 0.2) is 0 Å². The van der Waals surface area contributed by atoms with Crippen molar-refractivity contribution in [1.82, 2.24) is 0 Å². The molecule has 2 aromatic carbocycles. The summed E-state index contributed by atoms with van der Waals surface area (Å²) in [7, 11) is 0. The molecule has 0 bridgehead atoms. The highest BCUT2D eigenvalue weighted by atomic mass is 32.1. The summed E-state index contributed by atoms with van der Waals surface area (Å²) in [5.74, 6) is 0.600. The predicted octanol–water partition coefficient (Wildman–Crippen LogP) is 5.82. The van der Waals surface area contributed by atoms with Crippen LogP contribution in [0.15, 0.2) is 53.9 Å². The third-order valence-corrected chi connectivity index (χ3v) is 5.80. The maximum absolute atomic E-state index is 13.2. The summed E-state index contributed by atoms with van der Waals surface area (Å²) in [6, 6.07) is 14.4. The number of ether oxygens (including phenoxy) is 1. The Morgan fingerprint density at radius 3 is 2.59 bits per heavy atom. The minimum atomic E-state index is -0.268. The van der Waals surface area contributed by atoms with Crippen LogP contribution in [-0.4, -0.2) is 12.5 Å². The number of hydrogen-bond donors (Lipinski definition) is 1. The van der Waals surface area contributed by atoms with Crippen molar-refractivity contribution >= 4 is 22.9 Å². The van der Waals surface area contributed by atoms with Gasteiger partial charge in [-0.2, -0.15) is 0 Å². The summed E-state index contributed by atoms with van der Waals surface area (Å²) in [5.41, 5.74) is 3.79. The van der Waals surface area contributed by atoms with E-state index in [1.165, 1.54) is 12.1 Å². The van der Waals surface area contributed by atoms with Crippen LogP contribution >= 0.6 is 11.3 Å². The second kappa shape index (κ2) is 7.53. The molecule has 2 heterocycles. The zero-order valence-electron chi connectivity index (χ0n) is 15.0. The molecular weight excluding hydrogens is 361 g/mol. The van der Waals surface area contributed by atoms with Crippen molar-refractivity contribution in [1.29, 1.82) is 0 Å². The molecule has 138 valence electrons. The Hall–Kier alpha value is -2.66. The lowest BCUT2D eigenvalue weighted by molar-refractivity contribution is -0.116. The fraction of sp³-hybridized carbons (Fsp3) is 0.227. The van der Waals surface area contributed by atoms with Gasteiger partial charge >= 0.3 is 0 Å². The number of benzene rings is 2. The maximum Gasteiger partial charge on any atom is 0.225 e. The smallest absolute Gasteiger partial charge is 0.225 e. The summed E-state index contributed by atoms with van der Waals surface area (Å²) in [4.78, 5) is 13.5. The number of fused-ring (bicyclic) bond motifs is 1. The molecule has 5 heteroatoms. The van der Waals surface area contributed by atoms with Crippen LogP contribution in [0.3, 0.4) is 0 Å². The first-order valence-electron chi connectivity index (χ1n) is 9.05. The number of anilines is 1. The molecule has 1 atom stereocenters. The van der Waals surface area contributed by atoms with E-state index in [1.807, 2.05) is 29.6 Å². The molecule has 0 spiro atoms. The Balaban J connectivity index is 1.67. The Kier molecular flexibility index (Phi) is 4.94. The van der Waals surface area contributed by atoms with Gasteiger partial charge in [-0.15, -0.1) is 11.3 Å². The van der Waals surface area contributed by atoms with Gasteiger partial charge < -0.3 is 10.1 Å². The van der Waals surface area contributed by atoms with Crippen LogP contribution in [0.4, 0.5) is 10.1 Å². The molecule has 27 heavy (non-hydrogen) atoms. The summed E-state index contributed by atoms with van der Waals surface area (Å²) in [6.07, 6.45) is 1.39. The van der Waals surface area contributed by atoms with Crippen molar-refractivity contribution in [3.63, 3.8) is 0 Å². The molecule has 1 amide bonds. The average molecular weight is 381 g/mol. The van der Waals surface area contributed by atoms with Crippen LogP contribution in [0.1, 0.15) is 36.1 Å². The van der Waals surface area contributed by atoms with Gasteiger partial charge in [0.25, 0.3) is 0 Å². The van der Waals surface area contributed by atoms with Gasteiger partial charge in [0, 0.05) is 28.2 Å². The van der Waals surface area contributed by atoms with Crippen molar-refractivity contribution < 1.29 is 13.9 Å². The zero-order chi connectivity index (χ0) is 18.8. The molecule has 0 saturated carbocycles. The number of carbonyl (C=O) groups excluding carboxylic acids is 1. The van der Waals surface area contributed by atoms with Crippen LogP contribution in [0, 0.1) is 5.82 Å². The predicted molar refractivity (Wildman–Crippen MR) is 107 cm³/mol. The molecule has 3 aromatic rings. The van der Waals surface area contributed by atoms with Crippen LogP contribution < -0.4 is 10.1 Å². The SMILES string of the molecule is CCCOc1ccc([C@@H]2CC(=O)Nc3c(-c4ccc(F)cc4)csc32)cc1. The van der Waals surface area contributed by atoms with Crippen LogP contribution in [-0.2, 0) is 4.79 Å². The summed E-state index contributed by atoms with van der Waals surface area (Å²) in [5, 5.41) is 5.05. The fourth-order valence-corrected chi connectivity index (χ4v) is 4.52. The topological polar surface area (TPSA) is 38.3 Å². The maximum atomic E-state index is 13.2. The van der Waals surface area contributed by atoms with Gasteiger partial charge in [0.2, 0.25) is 5.91 Å². The molecule has 0 saturated heterocycles. The minimum absolute atomic E-state index is 0.000529. The lowest BCUT2D eigenvalue weighted by Gasteiger charge is -2.24. The molecular formula is C22H20FNO2S. The number of carbonyl (C=O) groups is 1. The minimum Gasteiger partial charge on any atom is -0.494 e. The lowest BCUT2D eigenvalue weighted by atomic mass is 9.89. The van der Waals surface area contributed by atoms with Gasteiger partial charge in [-0.1, -0.05) is 31.2 Å². The largest absolute Gasteiger partial charge is 0.494 e. The van der Waals surface area contributed by atoms with Crippen molar-refractivity contribution in [2.75, 3.05) is 11.9 Å². The Morgan fingerprint density at radius 1 is 1.15 bits per heavy atom. The highest BCUT2D eigenvalue weighted by Crippen LogP contribution is 2.46. The van der Waals surface area contributed by atoms with Crippen molar-refractivity contribution in [2.24, 2.45) is 0 Å². The molecule has 0 unspecified atom stereocenters. The van der Waals surface area contributed by atoms with Crippen molar-refractivity contribution in [3.8, 4) is 16.9 Å². The van der Waals surface area contributed by atoms with Gasteiger partial charge in [0.05, 0.1) is 12.3 Å². The number of amides is 1. The second-order valence-corrected chi connectivity index (χ2v) is 7.53. The fourth-order valence-electron chi connectivity index (χ4n) is 3.35. The third kappa shape index (κ3) is 3.60.